The standard InChI is InChI=1S/C13H18F3N3/c14-13(15,16)10-5-3-7-18-12(10)19-8-9-4-1-2-6-11(9)17/h3,5,7,9,11H,1-2,4,6,8,17H2,(H,18,19). The minimum atomic E-state index is -4.38. The van der Waals surface area contributed by atoms with Crippen molar-refractivity contribution in [2.24, 2.45) is 11.7 Å². The fourth-order valence-electron chi connectivity index (χ4n) is 2.49. The molecule has 1 heterocycles. The zero-order valence-corrected chi connectivity index (χ0v) is 10.6. The lowest BCUT2D eigenvalue weighted by Gasteiger charge is -2.29. The van der Waals surface area contributed by atoms with Crippen LogP contribution < -0.4 is 11.1 Å². The highest BCUT2D eigenvalue weighted by atomic mass is 19.4. The van der Waals surface area contributed by atoms with Gasteiger partial charge in [0.15, 0.2) is 0 Å². The van der Waals surface area contributed by atoms with Crippen LogP contribution in [-0.2, 0) is 6.18 Å². The van der Waals surface area contributed by atoms with E-state index < -0.39 is 11.7 Å². The molecule has 3 N–H and O–H groups in total. The van der Waals surface area contributed by atoms with Gasteiger partial charge in [-0.25, -0.2) is 4.98 Å². The van der Waals surface area contributed by atoms with Crippen LogP contribution in [0, 0.1) is 5.92 Å². The zero-order valence-electron chi connectivity index (χ0n) is 10.6. The van der Waals surface area contributed by atoms with Crippen LogP contribution in [0.2, 0.25) is 0 Å². The Kier molecular flexibility index (Phi) is 4.29. The molecule has 6 heteroatoms. The molecule has 0 spiro atoms. The van der Waals surface area contributed by atoms with E-state index in [9.17, 15) is 13.2 Å². The Labute approximate surface area is 110 Å². The van der Waals surface area contributed by atoms with Crippen molar-refractivity contribution in [2.45, 2.75) is 37.9 Å². The van der Waals surface area contributed by atoms with E-state index in [0.717, 1.165) is 31.7 Å². The van der Waals surface area contributed by atoms with Gasteiger partial charge in [-0.1, -0.05) is 12.8 Å². The molecule has 0 amide bonds. The second-order valence-electron chi connectivity index (χ2n) is 4.99. The summed E-state index contributed by atoms with van der Waals surface area (Å²) < 4.78 is 38.4. The monoisotopic (exact) mass is 273 g/mol. The molecule has 0 bridgehead atoms. The summed E-state index contributed by atoms with van der Waals surface area (Å²) in [5.41, 5.74) is 5.26. The molecular weight excluding hydrogens is 255 g/mol. The maximum Gasteiger partial charge on any atom is 0.419 e. The maximum absolute atomic E-state index is 12.8. The molecule has 0 aromatic carbocycles. The Morgan fingerprint density at radius 1 is 1.32 bits per heavy atom. The Morgan fingerprint density at radius 2 is 2.05 bits per heavy atom. The van der Waals surface area contributed by atoms with E-state index in [1.54, 1.807) is 0 Å². The Hall–Kier alpha value is -1.30. The summed E-state index contributed by atoms with van der Waals surface area (Å²) in [6.07, 6.45) is 1.08. The highest BCUT2D eigenvalue weighted by Gasteiger charge is 2.34. The molecule has 1 aliphatic carbocycles. The predicted octanol–water partition coefficient (Wildman–Crippen LogP) is 3.03. The van der Waals surface area contributed by atoms with Gasteiger partial charge < -0.3 is 11.1 Å². The summed E-state index contributed by atoms with van der Waals surface area (Å²) in [7, 11) is 0. The van der Waals surface area contributed by atoms with Crippen molar-refractivity contribution >= 4 is 5.82 Å². The largest absolute Gasteiger partial charge is 0.419 e. The molecule has 106 valence electrons. The van der Waals surface area contributed by atoms with Crippen LogP contribution in [0.5, 0.6) is 0 Å². The number of hydrogen-bond donors (Lipinski definition) is 2. The van der Waals surface area contributed by atoms with Gasteiger partial charge in [-0.3, -0.25) is 0 Å². The SMILES string of the molecule is NC1CCCCC1CNc1ncccc1C(F)(F)F. The average molecular weight is 273 g/mol. The first-order valence-electron chi connectivity index (χ1n) is 6.50. The van der Waals surface area contributed by atoms with Crippen LogP contribution in [0.15, 0.2) is 18.3 Å². The van der Waals surface area contributed by atoms with E-state index in [4.69, 9.17) is 5.73 Å². The van der Waals surface area contributed by atoms with Gasteiger partial charge in [0.1, 0.15) is 5.82 Å². The molecule has 1 aliphatic rings. The number of aromatic nitrogens is 1. The minimum Gasteiger partial charge on any atom is -0.369 e. The number of rotatable bonds is 3. The summed E-state index contributed by atoms with van der Waals surface area (Å²) in [5.74, 6) is 0.115. The number of halogens is 3. The van der Waals surface area contributed by atoms with Gasteiger partial charge >= 0.3 is 6.18 Å². The summed E-state index contributed by atoms with van der Waals surface area (Å²) >= 11 is 0. The fourth-order valence-corrected chi connectivity index (χ4v) is 2.49. The van der Waals surface area contributed by atoms with Gasteiger partial charge in [-0.2, -0.15) is 13.2 Å². The van der Waals surface area contributed by atoms with E-state index >= 15 is 0 Å². The van der Waals surface area contributed by atoms with E-state index in [-0.39, 0.29) is 17.8 Å². The fraction of sp³-hybridized carbons (Fsp3) is 0.615. The van der Waals surface area contributed by atoms with Crippen LogP contribution in [0.25, 0.3) is 0 Å². The lowest BCUT2D eigenvalue weighted by Crippen LogP contribution is -2.37. The van der Waals surface area contributed by atoms with Crippen molar-refractivity contribution in [2.75, 3.05) is 11.9 Å². The molecule has 3 nitrogen and oxygen atoms in total. The van der Waals surface area contributed by atoms with Crippen LogP contribution in [0.1, 0.15) is 31.2 Å². The molecule has 2 unspecified atom stereocenters. The molecule has 1 fully saturated rings. The third-order valence-corrected chi connectivity index (χ3v) is 3.61. The number of nitrogens with two attached hydrogens (primary N) is 1. The molecule has 0 aliphatic heterocycles. The third kappa shape index (κ3) is 3.59. The van der Waals surface area contributed by atoms with E-state index in [1.807, 2.05) is 0 Å². The second kappa shape index (κ2) is 5.77. The van der Waals surface area contributed by atoms with Crippen molar-refractivity contribution in [3.8, 4) is 0 Å². The number of alkyl halides is 3. The van der Waals surface area contributed by atoms with Gasteiger partial charge in [0.05, 0.1) is 5.56 Å². The van der Waals surface area contributed by atoms with Gasteiger partial charge in [0.2, 0.25) is 0 Å². The topological polar surface area (TPSA) is 50.9 Å². The first-order chi connectivity index (χ1) is 8.98. The number of anilines is 1. The van der Waals surface area contributed by atoms with Gasteiger partial charge in [0, 0.05) is 18.8 Å². The quantitative estimate of drug-likeness (QED) is 0.890. The number of hydrogen-bond acceptors (Lipinski definition) is 3. The molecule has 2 rings (SSSR count). The Morgan fingerprint density at radius 3 is 2.74 bits per heavy atom. The number of nitrogens with zero attached hydrogens (tertiary/aromatic N) is 1. The third-order valence-electron chi connectivity index (χ3n) is 3.61. The minimum absolute atomic E-state index is 0.0688. The van der Waals surface area contributed by atoms with Crippen molar-refractivity contribution in [3.05, 3.63) is 23.9 Å². The van der Waals surface area contributed by atoms with Crippen molar-refractivity contribution in [1.29, 1.82) is 0 Å². The maximum atomic E-state index is 12.8. The summed E-state index contributed by atoms with van der Waals surface area (Å²) in [6.45, 7) is 0.446. The normalized spacial score (nSPS) is 24.2. The van der Waals surface area contributed by atoms with E-state index in [1.165, 1.54) is 12.3 Å². The zero-order chi connectivity index (χ0) is 13.9. The summed E-state index contributed by atoms with van der Waals surface area (Å²) in [4.78, 5) is 3.78. The second-order valence-corrected chi connectivity index (χ2v) is 4.99. The lowest BCUT2D eigenvalue weighted by atomic mass is 9.85. The summed E-state index contributed by atoms with van der Waals surface area (Å²) in [6, 6.07) is 2.40. The van der Waals surface area contributed by atoms with E-state index in [2.05, 4.69) is 10.3 Å². The first-order valence-corrected chi connectivity index (χ1v) is 6.50. The van der Waals surface area contributed by atoms with Crippen LogP contribution in [0.4, 0.5) is 19.0 Å². The van der Waals surface area contributed by atoms with Crippen LogP contribution in [-0.4, -0.2) is 17.6 Å². The molecule has 0 radical (unpaired) electrons. The van der Waals surface area contributed by atoms with Crippen molar-refractivity contribution in [3.63, 3.8) is 0 Å². The molecule has 1 aromatic rings. The molecule has 1 saturated carbocycles. The predicted molar refractivity (Wildman–Crippen MR) is 67.7 cm³/mol. The van der Waals surface area contributed by atoms with Gasteiger partial charge in [0.25, 0.3) is 0 Å². The lowest BCUT2D eigenvalue weighted by molar-refractivity contribution is -0.137. The number of nitrogens with one attached hydrogen (secondary N) is 1. The molecule has 1 aromatic heterocycles. The molecular formula is C13H18F3N3. The summed E-state index contributed by atoms with van der Waals surface area (Å²) in [5, 5.41) is 2.81. The highest BCUT2D eigenvalue weighted by molar-refractivity contribution is 5.45. The van der Waals surface area contributed by atoms with Crippen LogP contribution >= 0.6 is 0 Å². The number of pyridine rings is 1. The van der Waals surface area contributed by atoms with Crippen molar-refractivity contribution in [1.82, 2.24) is 4.98 Å². The molecule has 0 saturated heterocycles. The van der Waals surface area contributed by atoms with Gasteiger partial charge in [-0.15, -0.1) is 0 Å². The van der Waals surface area contributed by atoms with E-state index in [0.29, 0.717) is 6.54 Å². The highest BCUT2D eigenvalue weighted by Crippen LogP contribution is 2.33. The Balaban J connectivity index is 2.03. The smallest absolute Gasteiger partial charge is 0.369 e. The molecule has 19 heavy (non-hydrogen) atoms. The van der Waals surface area contributed by atoms with Crippen LogP contribution in [0.3, 0.4) is 0 Å². The Bertz CT molecular complexity index is 420. The molecule has 2 atom stereocenters. The average Bonchev–Trinajstić information content (AvgIpc) is 2.37. The van der Waals surface area contributed by atoms with Gasteiger partial charge in [-0.05, 0) is 30.9 Å². The first kappa shape index (κ1) is 14.1. The van der Waals surface area contributed by atoms with Crippen molar-refractivity contribution < 1.29 is 13.2 Å².